The molecular weight excluding hydrogens is 891 g/mol. The highest BCUT2D eigenvalue weighted by atomic mass is 16.6. The zero-order chi connectivity index (χ0) is 50.0. The fourth-order valence-electron chi connectivity index (χ4n) is 11.8. The Labute approximate surface area is 402 Å². The zero-order valence-corrected chi connectivity index (χ0v) is 41.0. The van der Waals surface area contributed by atoms with Gasteiger partial charge in [-0.15, -0.1) is 0 Å². The van der Waals surface area contributed by atoms with Crippen molar-refractivity contribution in [1.29, 1.82) is 0 Å². The molecule has 16 heteroatoms. The largest absolute Gasteiger partial charge is 0.497 e. The van der Waals surface area contributed by atoms with E-state index in [2.05, 4.69) is 0 Å². The van der Waals surface area contributed by atoms with Crippen molar-refractivity contribution in [1.82, 2.24) is 4.90 Å². The highest BCUT2D eigenvalue weighted by Gasteiger charge is 2.78. The third-order valence-electron chi connectivity index (χ3n) is 15.1. The molecule has 1 amide bonds. The average molecular weight is 954 g/mol. The van der Waals surface area contributed by atoms with Crippen molar-refractivity contribution in [3.8, 4) is 5.75 Å². The number of aliphatic hydroxyl groups is 1. The Morgan fingerprint density at radius 3 is 2.03 bits per heavy atom. The molecule has 5 aliphatic rings. The summed E-state index contributed by atoms with van der Waals surface area (Å²) in [5.41, 5.74) is -5.96. The van der Waals surface area contributed by atoms with Gasteiger partial charge in [-0.1, -0.05) is 74.5 Å². The van der Waals surface area contributed by atoms with E-state index < -0.39 is 112 Å². The number of nitrogens with zero attached hydrogens (tertiary/aromatic N) is 1. The first kappa shape index (κ1) is 49.8. The third kappa shape index (κ3) is 8.21. The molecule has 2 saturated carbocycles. The SMILES string of the molecule is COc1ccc(C2OC(C(=O)OC3C[C@@]4(O)C(OC(=O)c5ccccc5)C5[C@]6(OC(C)=O)COC6CC(OC)[C@@]5(C)C(=O)C(OC)C(=C3C)C4(C)C)C(c3ccccc3)N2C(=O)OC(C)(C)C)cc1. The van der Waals surface area contributed by atoms with E-state index in [1.165, 1.54) is 33.2 Å². The van der Waals surface area contributed by atoms with Crippen molar-refractivity contribution in [2.75, 3.05) is 27.9 Å². The molecule has 8 rings (SSSR count). The molecule has 1 N–H and O–H groups in total. The van der Waals surface area contributed by atoms with E-state index >= 15 is 9.59 Å². The number of esters is 3. The molecule has 2 aliphatic heterocycles. The van der Waals surface area contributed by atoms with Gasteiger partial charge in [0, 0.05) is 45.0 Å². The van der Waals surface area contributed by atoms with Crippen LogP contribution in [0.5, 0.6) is 5.75 Å². The van der Waals surface area contributed by atoms with Gasteiger partial charge in [0.25, 0.3) is 0 Å². The quantitative estimate of drug-likeness (QED) is 0.124. The summed E-state index contributed by atoms with van der Waals surface area (Å²) in [5.74, 6) is -3.65. The lowest BCUT2D eigenvalue weighted by Crippen LogP contribution is -2.82. The van der Waals surface area contributed by atoms with Crippen molar-refractivity contribution < 1.29 is 71.7 Å². The molecule has 2 saturated heterocycles. The second-order valence-corrected chi connectivity index (χ2v) is 20.4. The highest BCUT2D eigenvalue weighted by Crippen LogP contribution is 2.65. The Morgan fingerprint density at radius 1 is 0.841 bits per heavy atom. The summed E-state index contributed by atoms with van der Waals surface area (Å²) in [6.45, 7) is 13.1. The molecule has 4 fully saturated rings. The number of benzene rings is 3. The van der Waals surface area contributed by atoms with Gasteiger partial charge < -0.3 is 47.7 Å². The minimum absolute atomic E-state index is 0.125. The monoisotopic (exact) mass is 953 g/mol. The molecule has 69 heavy (non-hydrogen) atoms. The van der Waals surface area contributed by atoms with E-state index in [0.717, 1.165) is 0 Å². The van der Waals surface area contributed by atoms with Crippen LogP contribution in [0.2, 0.25) is 0 Å². The van der Waals surface area contributed by atoms with Gasteiger partial charge in [-0.3, -0.25) is 14.5 Å². The molecule has 16 nitrogen and oxygen atoms in total. The van der Waals surface area contributed by atoms with Gasteiger partial charge in [-0.2, -0.15) is 0 Å². The lowest BCUT2D eigenvalue weighted by molar-refractivity contribution is -0.347. The van der Waals surface area contributed by atoms with Gasteiger partial charge in [-0.25, -0.2) is 14.4 Å². The van der Waals surface area contributed by atoms with Crippen molar-refractivity contribution in [2.45, 2.75) is 134 Å². The Hall–Kier alpha value is -5.65. The lowest BCUT2D eigenvalue weighted by atomic mass is 9.44. The van der Waals surface area contributed by atoms with Crippen molar-refractivity contribution in [2.24, 2.45) is 16.7 Å². The van der Waals surface area contributed by atoms with Crippen LogP contribution in [-0.2, 0) is 52.3 Å². The van der Waals surface area contributed by atoms with Crippen LogP contribution in [0.4, 0.5) is 4.79 Å². The Morgan fingerprint density at radius 2 is 1.48 bits per heavy atom. The maximum Gasteiger partial charge on any atom is 0.413 e. The molecule has 12 atom stereocenters. The second kappa shape index (κ2) is 18.3. The van der Waals surface area contributed by atoms with Crippen LogP contribution in [0.15, 0.2) is 96.1 Å². The molecule has 3 aromatic rings. The third-order valence-corrected chi connectivity index (χ3v) is 15.1. The van der Waals surface area contributed by atoms with E-state index in [4.69, 9.17) is 42.6 Å². The molecular formula is C53H63NO15. The average Bonchev–Trinajstić information content (AvgIpc) is 3.72. The Balaban J connectivity index is 1.29. The number of hydrogen-bond donors (Lipinski definition) is 1. The van der Waals surface area contributed by atoms with E-state index in [0.29, 0.717) is 28.0 Å². The van der Waals surface area contributed by atoms with Crippen LogP contribution in [0.1, 0.15) is 102 Å². The normalized spacial score (nSPS) is 33.7. The van der Waals surface area contributed by atoms with Crippen LogP contribution in [0.25, 0.3) is 0 Å². The number of methoxy groups -OCH3 is 3. The molecule has 2 heterocycles. The van der Waals surface area contributed by atoms with Crippen LogP contribution in [0.3, 0.4) is 0 Å². The standard InChI is InChI=1S/C53H63NO15/c1-29-35(65-47(58)41-39(31-18-14-12-15-19-31)54(48(59)69-49(3,4)5)45(66-41)32-22-24-34(61-9)25-23-32)27-53(60)44(67-46(57)33-20-16-13-17-21-33)42-51(8,43(56)40(63-11)38(29)50(53,6)7)36(62-10)26-37-52(42,28-64-37)68-30(2)55/h12-25,35-37,39-42,44-45,60H,26-28H2,1-11H3/t35?,36?,37?,39?,40?,41?,42?,44?,45?,51-,52+,53-/m1/s1. The number of rotatable bonds is 10. The van der Waals surface area contributed by atoms with Crippen LogP contribution in [0, 0.1) is 16.7 Å². The number of fused-ring (bicyclic) bond motifs is 5. The maximum atomic E-state index is 15.8. The fraction of sp³-hybridized carbons (Fsp3) is 0.528. The van der Waals surface area contributed by atoms with Gasteiger partial charge in [-0.05, 0) is 75.6 Å². The van der Waals surface area contributed by atoms with Gasteiger partial charge in [0.05, 0.1) is 36.7 Å². The van der Waals surface area contributed by atoms with Crippen LogP contribution in [-0.4, -0.2) is 121 Å². The minimum atomic E-state index is -2.22. The first-order valence-electron chi connectivity index (χ1n) is 23.2. The fourth-order valence-corrected chi connectivity index (χ4v) is 11.8. The summed E-state index contributed by atoms with van der Waals surface area (Å²) in [4.78, 5) is 74.6. The van der Waals surface area contributed by atoms with E-state index in [-0.39, 0.29) is 25.0 Å². The Bertz CT molecular complexity index is 2490. The second-order valence-electron chi connectivity index (χ2n) is 20.4. The van der Waals surface area contributed by atoms with E-state index in [1.54, 1.807) is 133 Å². The van der Waals surface area contributed by atoms with E-state index in [1.807, 2.05) is 0 Å². The molecule has 2 bridgehead atoms. The van der Waals surface area contributed by atoms with Crippen molar-refractivity contribution in [3.63, 3.8) is 0 Å². The lowest BCUT2D eigenvalue weighted by Gasteiger charge is -2.67. The number of ether oxygens (including phenoxy) is 9. The summed E-state index contributed by atoms with van der Waals surface area (Å²) in [6, 6.07) is 22.9. The van der Waals surface area contributed by atoms with Crippen LogP contribution >= 0.6 is 0 Å². The predicted octanol–water partition coefficient (Wildman–Crippen LogP) is 7.03. The topological polar surface area (TPSA) is 192 Å². The van der Waals surface area contributed by atoms with Gasteiger partial charge >= 0.3 is 24.0 Å². The summed E-state index contributed by atoms with van der Waals surface area (Å²) < 4.78 is 55.9. The Kier molecular flexibility index (Phi) is 13.2. The molecule has 370 valence electrons. The van der Waals surface area contributed by atoms with Gasteiger partial charge in [0.15, 0.2) is 23.7 Å². The molecule has 9 unspecified atom stereocenters. The number of hydrogen-bond acceptors (Lipinski definition) is 15. The molecule has 0 aromatic heterocycles. The van der Waals surface area contributed by atoms with Gasteiger partial charge in [0.1, 0.15) is 47.4 Å². The summed E-state index contributed by atoms with van der Waals surface area (Å²) in [5, 5.41) is 14.0. The number of ketones is 1. The number of carbonyl (C=O) groups is 5. The van der Waals surface area contributed by atoms with Gasteiger partial charge in [0.2, 0.25) is 0 Å². The smallest absolute Gasteiger partial charge is 0.413 e. The number of Topliss-reactive ketones (excluding diaryl/α,β-unsaturated/α-hetero) is 1. The maximum absolute atomic E-state index is 15.8. The molecule has 0 radical (unpaired) electrons. The number of amides is 1. The van der Waals surface area contributed by atoms with Crippen molar-refractivity contribution >= 4 is 29.8 Å². The first-order valence-corrected chi connectivity index (χ1v) is 23.2. The van der Waals surface area contributed by atoms with Crippen LogP contribution < -0.4 is 4.74 Å². The highest BCUT2D eigenvalue weighted by molar-refractivity contribution is 5.94. The zero-order valence-electron chi connectivity index (χ0n) is 41.0. The molecule has 3 aromatic carbocycles. The summed E-state index contributed by atoms with van der Waals surface area (Å²) >= 11 is 0. The first-order chi connectivity index (χ1) is 32.6. The predicted molar refractivity (Wildman–Crippen MR) is 246 cm³/mol. The minimum Gasteiger partial charge on any atom is -0.497 e. The molecule has 0 spiro atoms. The van der Waals surface area contributed by atoms with Crippen molar-refractivity contribution in [3.05, 3.63) is 113 Å². The summed E-state index contributed by atoms with van der Waals surface area (Å²) in [6.07, 6.45) is -9.71. The summed E-state index contributed by atoms with van der Waals surface area (Å²) in [7, 11) is 4.37. The van der Waals surface area contributed by atoms with E-state index in [9.17, 15) is 19.5 Å². The molecule has 3 aliphatic carbocycles. The number of carbonyl (C=O) groups excluding carboxylic acids is 5.